The van der Waals surface area contributed by atoms with Gasteiger partial charge in [-0.2, -0.15) is 0 Å². The van der Waals surface area contributed by atoms with Gasteiger partial charge in [-0.05, 0) is 68.0 Å². The molecule has 0 N–H and O–H groups in total. The predicted molar refractivity (Wildman–Crippen MR) is 81.0 cm³/mol. The molecule has 3 nitrogen and oxygen atoms in total. The van der Waals surface area contributed by atoms with E-state index in [0.717, 1.165) is 20.0 Å². The molecule has 0 aliphatic heterocycles. The molecule has 0 aliphatic rings. The molecule has 0 unspecified atom stereocenters. The van der Waals surface area contributed by atoms with E-state index in [4.69, 9.17) is 4.74 Å². The van der Waals surface area contributed by atoms with Crippen LogP contribution in [0.3, 0.4) is 0 Å². The Bertz CT molecular complexity index is 608. The highest BCUT2D eigenvalue weighted by Gasteiger charge is 2.20. The van der Waals surface area contributed by atoms with Crippen molar-refractivity contribution in [3.05, 3.63) is 33.5 Å². The highest BCUT2D eigenvalue weighted by molar-refractivity contribution is 14.1. The minimum atomic E-state index is -0.483. The van der Waals surface area contributed by atoms with Gasteiger partial charge >= 0.3 is 6.09 Å². The van der Waals surface area contributed by atoms with Crippen LogP contribution in [-0.2, 0) is 4.74 Å². The molecule has 1 aromatic heterocycles. The molecule has 2 rings (SSSR count). The van der Waals surface area contributed by atoms with Crippen molar-refractivity contribution in [2.45, 2.75) is 33.3 Å². The van der Waals surface area contributed by atoms with Crippen molar-refractivity contribution in [1.29, 1.82) is 0 Å². The van der Waals surface area contributed by atoms with Crippen LogP contribution < -0.4 is 0 Å². The number of hydrogen-bond donors (Lipinski definition) is 0. The smallest absolute Gasteiger partial charge is 0.419 e. The molecule has 0 spiro atoms. The lowest BCUT2D eigenvalue weighted by atomic mass is 10.2. The first kappa shape index (κ1) is 13.4. The van der Waals surface area contributed by atoms with Gasteiger partial charge in [0.05, 0.1) is 5.52 Å². The summed E-state index contributed by atoms with van der Waals surface area (Å²) in [6.45, 7) is 7.60. The monoisotopic (exact) mass is 357 g/mol. The van der Waals surface area contributed by atoms with Crippen LogP contribution in [0.4, 0.5) is 4.79 Å². The Kier molecular flexibility index (Phi) is 3.40. The van der Waals surface area contributed by atoms with Gasteiger partial charge in [0.1, 0.15) is 5.60 Å². The second kappa shape index (κ2) is 4.57. The van der Waals surface area contributed by atoms with Crippen LogP contribution in [0.1, 0.15) is 26.3 Å². The van der Waals surface area contributed by atoms with Gasteiger partial charge in [0.25, 0.3) is 0 Å². The van der Waals surface area contributed by atoms with E-state index in [1.807, 2.05) is 39.8 Å². The topological polar surface area (TPSA) is 31.2 Å². The average molecular weight is 357 g/mol. The third-order valence-corrected chi connectivity index (χ3v) is 3.53. The van der Waals surface area contributed by atoms with Crippen LogP contribution in [0.15, 0.2) is 24.4 Å². The molecular weight excluding hydrogens is 341 g/mol. The number of ether oxygens (including phenoxy) is 1. The van der Waals surface area contributed by atoms with Crippen molar-refractivity contribution in [1.82, 2.24) is 4.57 Å². The molecule has 0 radical (unpaired) electrons. The molecule has 0 fully saturated rings. The van der Waals surface area contributed by atoms with Crippen LogP contribution >= 0.6 is 22.6 Å². The summed E-state index contributed by atoms with van der Waals surface area (Å²) in [6.07, 6.45) is 1.44. The molecule has 0 atom stereocenters. The number of aromatic nitrogens is 1. The molecular formula is C14H16INO2. The van der Waals surface area contributed by atoms with Gasteiger partial charge in [0.15, 0.2) is 0 Å². The maximum absolute atomic E-state index is 12.1. The lowest BCUT2D eigenvalue weighted by molar-refractivity contribution is 0.0544. The van der Waals surface area contributed by atoms with Gasteiger partial charge in [-0.25, -0.2) is 4.79 Å². The van der Waals surface area contributed by atoms with Crippen molar-refractivity contribution in [2.24, 2.45) is 0 Å². The van der Waals surface area contributed by atoms with Crippen molar-refractivity contribution in [3.63, 3.8) is 0 Å². The summed E-state index contributed by atoms with van der Waals surface area (Å²) in [5.74, 6) is 0. The average Bonchev–Trinajstić information content (AvgIpc) is 2.66. The van der Waals surface area contributed by atoms with Gasteiger partial charge in [-0.15, -0.1) is 0 Å². The summed E-state index contributed by atoms with van der Waals surface area (Å²) >= 11 is 2.27. The van der Waals surface area contributed by atoms with Crippen LogP contribution in [0.5, 0.6) is 0 Å². The molecule has 1 aromatic carbocycles. The highest BCUT2D eigenvalue weighted by atomic mass is 127. The Balaban J connectivity index is 2.53. The first-order valence-electron chi connectivity index (χ1n) is 5.79. The predicted octanol–water partition coefficient (Wildman–Crippen LogP) is 4.34. The van der Waals surface area contributed by atoms with Crippen molar-refractivity contribution in [2.75, 3.05) is 0 Å². The Morgan fingerprint density at radius 2 is 1.94 bits per heavy atom. The largest absolute Gasteiger partial charge is 0.443 e. The zero-order valence-electron chi connectivity index (χ0n) is 11.0. The fourth-order valence-corrected chi connectivity index (χ4v) is 2.47. The standard InChI is InChI=1S/C14H16INO2/c1-9-5-6-11(15)10-7-8-16(12(9)10)13(17)18-14(2,3)4/h5-8H,1-4H3. The Hall–Kier alpha value is -1.04. The number of benzene rings is 1. The Labute approximate surface area is 120 Å². The van der Waals surface area contributed by atoms with E-state index in [1.165, 1.54) is 0 Å². The van der Waals surface area contributed by atoms with Crippen LogP contribution in [0.2, 0.25) is 0 Å². The molecule has 0 saturated carbocycles. The maximum atomic E-state index is 12.1. The normalized spacial score (nSPS) is 11.8. The first-order chi connectivity index (χ1) is 8.29. The molecule has 0 bridgehead atoms. The minimum Gasteiger partial charge on any atom is -0.443 e. The third-order valence-electron chi connectivity index (χ3n) is 2.59. The number of rotatable bonds is 0. The number of carbonyl (C=O) groups is 1. The molecule has 18 heavy (non-hydrogen) atoms. The van der Waals surface area contributed by atoms with Gasteiger partial charge in [0, 0.05) is 15.2 Å². The van der Waals surface area contributed by atoms with Gasteiger partial charge in [-0.1, -0.05) is 6.07 Å². The van der Waals surface area contributed by atoms with Gasteiger partial charge < -0.3 is 4.74 Å². The fourth-order valence-electron chi connectivity index (χ4n) is 1.86. The second-order valence-corrected chi connectivity index (χ2v) is 6.45. The highest BCUT2D eigenvalue weighted by Crippen LogP contribution is 2.25. The molecule has 0 amide bonds. The number of nitrogens with zero attached hydrogens (tertiary/aromatic N) is 1. The van der Waals surface area contributed by atoms with E-state index in [9.17, 15) is 4.79 Å². The van der Waals surface area contributed by atoms with Crippen molar-refractivity contribution >= 4 is 39.6 Å². The zero-order valence-corrected chi connectivity index (χ0v) is 13.1. The number of fused-ring (bicyclic) bond motifs is 1. The third kappa shape index (κ3) is 2.53. The summed E-state index contributed by atoms with van der Waals surface area (Å²) < 4.78 is 8.12. The minimum absolute atomic E-state index is 0.331. The number of carbonyl (C=O) groups excluding carboxylic acids is 1. The van der Waals surface area contributed by atoms with Crippen molar-refractivity contribution in [3.8, 4) is 0 Å². The zero-order chi connectivity index (χ0) is 13.5. The maximum Gasteiger partial charge on any atom is 0.419 e. The van der Waals surface area contributed by atoms with E-state index in [-0.39, 0.29) is 6.09 Å². The van der Waals surface area contributed by atoms with E-state index in [1.54, 1.807) is 10.8 Å². The molecule has 1 heterocycles. The quantitative estimate of drug-likeness (QED) is 0.657. The van der Waals surface area contributed by atoms with E-state index >= 15 is 0 Å². The number of aryl methyl sites for hydroxylation is 1. The SMILES string of the molecule is Cc1ccc(I)c2ccn(C(=O)OC(C)(C)C)c12. The van der Waals surface area contributed by atoms with Gasteiger partial charge in [-0.3, -0.25) is 4.57 Å². The van der Waals surface area contributed by atoms with Crippen molar-refractivity contribution < 1.29 is 9.53 Å². The van der Waals surface area contributed by atoms with E-state index in [2.05, 4.69) is 28.7 Å². The van der Waals surface area contributed by atoms with Crippen LogP contribution in [0.25, 0.3) is 10.9 Å². The number of hydrogen-bond acceptors (Lipinski definition) is 2. The lowest BCUT2D eigenvalue weighted by Crippen LogP contribution is -2.26. The first-order valence-corrected chi connectivity index (χ1v) is 6.87. The molecule has 4 heteroatoms. The Morgan fingerprint density at radius 3 is 2.56 bits per heavy atom. The molecule has 0 aliphatic carbocycles. The summed E-state index contributed by atoms with van der Waals surface area (Å²) in [5.41, 5.74) is 1.51. The molecule has 96 valence electrons. The molecule has 0 saturated heterocycles. The van der Waals surface area contributed by atoms with Crippen LogP contribution in [0, 0.1) is 10.5 Å². The summed E-state index contributed by atoms with van der Waals surface area (Å²) in [7, 11) is 0. The fraction of sp³-hybridized carbons (Fsp3) is 0.357. The second-order valence-electron chi connectivity index (χ2n) is 5.29. The van der Waals surface area contributed by atoms with Crippen LogP contribution in [-0.4, -0.2) is 16.3 Å². The van der Waals surface area contributed by atoms with E-state index in [0.29, 0.717) is 0 Å². The van der Waals surface area contributed by atoms with E-state index < -0.39 is 5.60 Å². The summed E-state index contributed by atoms with van der Waals surface area (Å²) in [4.78, 5) is 12.1. The number of halogens is 1. The summed E-state index contributed by atoms with van der Waals surface area (Å²) in [6, 6.07) is 6.02. The summed E-state index contributed by atoms with van der Waals surface area (Å²) in [5, 5.41) is 1.08. The lowest BCUT2D eigenvalue weighted by Gasteiger charge is -2.20. The Morgan fingerprint density at radius 1 is 1.28 bits per heavy atom. The molecule has 2 aromatic rings. The van der Waals surface area contributed by atoms with Gasteiger partial charge in [0.2, 0.25) is 0 Å².